The first kappa shape index (κ1) is 52.7. The van der Waals surface area contributed by atoms with E-state index in [0.29, 0.717) is 28.9 Å². The molecule has 1 heterocycles. The summed E-state index contributed by atoms with van der Waals surface area (Å²) in [5.41, 5.74) is 14.0. The maximum absolute atomic E-state index is 14.4. The predicted molar refractivity (Wildman–Crippen MR) is 253 cm³/mol. The molecule has 0 aliphatic rings. The fourth-order valence-corrected chi connectivity index (χ4v) is 7.63. The third-order valence-electron chi connectivity index (χ3n) is 10.7. The molecule has 13 N–H and O–H groups in total. The molecule has 67 heavy (non-hydrogen) atoms. The largest absolute Gasteiger partial charge is 0.508 e. The zero-order valence-electron chi connectivity index (χ0n) is 37.7. The Labute approximate surface area is 392 Å². The van der Waals surface area contributed by atoms with Crippen LogP contribution in [-0.4, -0.2) is 117 Å². The minimum atomic E-state index is -1.50. The number of carboxylic acids is 1. The van der Waals surface area contributed by atoms with Crippen LogP contribution in [0.5, 0.6) is 5.75 Å². The summed E-state index contributed by atoms with van der Waals surface area (Å²) in [7, 11) is 0. The number of para-hydroxylation sites is 1. The van der Waals surface area contributed by atoms with Crippen molar-refractivity contribution >= 4 is 70.0 Å². The molecule has 0 aliphatic heterocycles. The lowest BCUT2D eigenvalue weighted by Gasteiger charge is -2.26. The van der Waals surface area contributed by atoms with Crippen molar-refractivity contribution in [3.8, 4) is 5.75 Å². The van der Waals surface area contributed by atoms with Crippen LogP contribution in [0, 0.1) is 5.92 Å². The van der Waals surface area contributed by atoms with Gasteiger partial charge in [-0.05, 0) is 65.7 Å². The average molecular weight is 944 g/mol. The number of fused-ring (bicyclic) bond motifs is 1. The second kappa shape index (κ2) is 26.3. The van der Waals surface area contributed by atoms with Crippen LogP contribution in [0.25, 0.3) is 10.9 Å². The van der Waals surface area contributed by atoms with Gasteiger partial charge in [0, 0.05) is 49.3 Å². The van der Waals surface area contributed by atoms with Crippen LogP contribution in [0.1, 0.15) is 56.2 Å². The molecule has 6 atom stereocenters. The number of carboxylic acid groups (broad SMARTS) is 1. The minimum Gasteiger partial charge on any atom is -0.508 e. The third kappa shape index (κ3) is 17.4. The Kier molecular flexibility index (Phi) is 20.7. The minimum absolute atomic E-state index is 0.00983. The number of aromatic amines is 1. The van der Waals surface area contributed by atoms with Gasteiger partial charge < -0.3 is 58.6 Å². The number of aliphatic carboxylic acids is 1. The number of rotatable bonds is 27. The summed E-state index contributed by atoms with van der Waals surface area (Å²) in [6.07, 6.45) is 2.99. The van der Waals surface area contributed by atoms with Crippen molar-refractivity contribution in [1.82, 2.24) is 36.9 Å². The number of aromatic hydroxyl groups is 1. The van der Waals surface area contributed by atoms with Crippen molar-refractivity contribution in [2.24, 2.45) is 17.4 Å². The van der Waals surface area contributed by atoms with Crippen molar-refractivity contribution in [2.45, 2.75) is 95.0 Å². The van der Waals surface area contributed by atoms with Gasteiger partial charge in [-0.25, -0.2) is 0 Å². The van der Waals surface area contributed by atoms with Crippen LogP contribution in [-0.2, 0) is 57.6 Å². The molecule has 20 heteroatoms. The number of amides is 7. The fourth-order valence-electron chi connectivity index (χ4n) is 7.16. The van der Waals surface area contributed by atoms with Gasteiger partial charge in [0.05, 0.1) is 12.5 Å². The molecule has 0 saturated carbocycles. The van der Waals surface area contributed by atoms with E-state index in [-0.39, 0.29) is 50.3 Å². The van der Waals surface area contributed by atoms with Crippen molar-refractivity contribution in [3.05, 3.63) is 102 Å². The van der Waals surface area contributed by atoms with E-state index in [1.165, 1.54) is 36.0 Å². The first-order chi connectivity index (χ1) is 31.9. The number of nitrogens with one attached hydrogen (secondary N) is 7. The summed E-state index contributed by atoms with van der Waals surface area (Å²) in [4.78, 5) is 109. The SMILES string of the molecule is CSCC[C@H](NC(=O)[C@H](CC(C)C)NC(=O)CCNC(=O)[C@H](Cc1c[nH]c2ccccc12)NC(=O)[C@H](Cc1ccccc1)NC(=O)[C@H](Cc1ccc(O)cc1)NC(=O)[C@@H](N)CC(=O)O)C(N)=O. The summed E-state index contributed by atoms with van der Waals surface area (Å²) >= 11 is 1.49. The maximum Gasteiger partial charge on any atom is 0.305 e. The number of aromatic nitrogens is 1. The second-order valence-corrected chi connectivity index (χ2v) is 17.5. The molecule has 7 amide bonds. The molecular formula is C47H61N9O10S. The van der Waals surface area contributed by atoms with E-state index in [4.69, 9.17) is 11.5 Å². The number of primary amides is 1. The van der Waals surface area contributed by atoms with Crippen molar-refractivity contribution in [3.63, 3.8) is 0 Å². The van der Waals surface area contributed by atoms with Crippen molar-refractivity contribution < 1.29 is 48.6 Å². The van der Waals surface area contributed by atoms with Crippen LogP contribution in [0.3, 0.4) is 0 Å². The van der Waals surface area contributed by atoms with Crippen molar-refractivity contribution in [1.29, 1.82) is 0 Å². The topological polar surface area (TPSA) is 317 Å². The first-order valence-electron chi connectivity index (χ1n) is 21.8. The quantitative estimate of drug-likeness (QED) is 0.0398. The first-order valence-corrected chi connectivity index (χ1v) is 23.2. The van der Waals surface area contributed by atoms with Crippen LogP contribution in [0.4, 0.5) is 0 Å². The molecule has 0 spiro atoms. The Hall–Kier alpha value is -6.93. The molecule has 0 radical (unpaired) electrons. The molecule has 0 saturated heterocycles. The Morgan fingerprint density at radius 3 is 1.82 bits per heavy atom. The lowest BCUT2D eigenvalue weighted by Crippen LogP contribution is -2.59. The van der Waals surface area contributed by atoms with Gasteiger partial charge in [-0.2, -0.15) is 11.8 Å². The van der Waals surface area contributed by atoms with E-state index >= 15 is 0 Å². The molecule has 360 valence electrons. The number of hydrogen-bond acceptors (Lipinski definition) is 11. The smallest absolute Gasteiger partial charge is 0.305 e. The number of hydrogen-bond donors (Lipinski definition) is 11. The molecule has 4 aromatic rings. The number of phenolic OH excluding ortho intramolecular Hbond substituents is 1. The van der Waals surface area contributed by atoms with Gasteiger partial charge in [0.1, 0.15) is 36.0 Å². The number of phenols is 1. The van der Waals surface area contributed by atoms with Crippen LogP contribution in [0.2, 0.25) is 0 Å². The Balaban J connectivity index is 1.56. The molecule has 19 nitrogen and oxygen atoms in total. The average Bonchev–Trinajstić information content (AvgIpc) is 3.69. The monoisotopic (exact) mass is 943 g/mol. The normalized spacial score (nSPS) is 13.8. The Bertz CT molecular complexity index is 2330. The van der Waals surface area contributed by atoms with E-state index in [0.717, 1.165) is 10.9 Å². The summed E-state index contributed by atoms with van der Waals surface area (Å²) in [5.74, 6) is -5.78. The van der Waals surface area contributed by atoms with Crippen molar-refractivity contribution in [2.75, 3.05) is 18.6 Å². The molecule has 0 unspecified atom stereocenters. The van der Waals surface area contributed by atoms with Gasteiger partial charge in [-0.3, -0.25) is 38.4 Å². The molecule has 1 aromatic heterocycles. The maximum atomic E-state index is 14.4. The molecule has 0 fully saturated rings. The third-order valence-corrected chi connectivity index (χ3v) is 11.3. The lowest BCUT2D eigenvalue weighted by atomic mass is 10.0. The predicted octanol–water partition coefficient (Wildman–Crippen LogP) is 0.918. The summed E-state index contributed by atoms with van der Waals surface area (Å²) in [5, 5.41) is 35.9. The number of carbonyl (C=O) groups excluding carboxylic acids is 7. The standard InChI is InChI=1S/C47H61N9O10S/c1-27(2)21-36(45(64)53-35(42(49)61)18-20-67-3)52-40(58)17-19-50-44(63)39(24-30-26-51-34-12-8-7-11-32(30)34)56-47(66)38(22-28-9-5-4-6-10-28)55-46(65)37(23-29-13-15-31(57)16-14-29)54-43(62)33(48)25-41(59)60/h4-16,26-27,33,35-39,51,57H,17-25,48H2,1-3H3,(H2,49,61)(H,50,63)(H,52,58)(H,53,64)(H,54,62)(H,55,65)(H,56,66)(H,59,60)/t33-,35-,36-,37-,38-,39-/m0/s1. The van der Waals surface area contributed by atoms with Crippen LogP contribution < -0.4 is 43.4 Å². The Morgan fingerprint density at radius 2 is 1.22 bits per heavy atom. The van der Waals surface area contributed by atoms with E-state index < -0.39 is 90.0 Å². The summed E-state index contributed by atoms with van der Waals surface area (Å²) in [6, 6.07) is 14.6. The van der Waals surface area contributed by atoms with Crippen LogP contribution >= 0.6 is 11.8 Å². The molecule has 0 bridgehead atoms. The highest BCUT2D eigenvalue weighted by Crippen LogP contribution is 2.20. The Morgan fingerprint density at radius 1 is 0.672 bits per heavy atom. The van der Waals surface area contributed by atoms with Crippen LogP contribution in [0.15, 0.2) is 85.1 Å². The highest BCUT2D eigenvalue weighted by atomic mass is 32.2. The van der Waals surface area contributed by atoms with Gasteiger partial charge in [0.25, 0.3) is 0 Å². The number of benzene rings is 3. The summed E-state index contributed by atoms with van der Waals surface area (Å²) in [6.45, 7) is 3.56. The van der Waals surface area contributed by atoms with E-state index in [1.807, 2.05) is 44.4 Å². The molecular weight excluding hydrogens is 883 g/mol. The van der Waals surface area contributed by atoms with Gasteiger partial charge in [0.15, 0.2) is 0 Å². The molecule has 3 aromatic carbocycles. The highest BCUT2D eigenvalue weighted by Gasteiger charge is 2.32. The highest BCUT2D eigenvalue weighted by molar-refractivity contribution is 7.98. The van der Waals surface area contributed by atoms with E-state index in [2.05, 4.69) is 36.9 Å². The van der Waals surface area contributed by atoms with Gasteiger partial charge in [0.2, 0.25) is 41.4 Å². The second-order valence-electron chi connectivity index (χ2n) is 16.5. The van der Waals surface area contributed by atoms with Gasteiger partial charge in [-0.1, -0.05) is 74.5 Å². The van der Waals surface area contributed by atoms with Gasteiger partial charge >= 0.3 is 5.97 Å². The zero-order chi connectivity index (χ0) is 49.0. The fraction of sp³-hybridized carbons (Fsp3) is 0.404. The number of nitrogens with two attached hydrogens (primary N) is 2. The number of H-pyrrole nitrogens is 1. The van der Waals surface area contributed by atoms with E-state index in [1.54, 1.807) is 36.5 Å². The number of thioether (sulfide) groups is 1. The zero-order valence-corrected chi connectivity index (χ0v) is 38.5. The van der Waals surface area contributed by atoms with Gasteiger partial charge in [-0.15, -0.1) is 0 Å². The summed E-state index contributed by atoms with van der Waals surface area (Å²) < 4.78 is 0. The van der Waals surface area contributed by atoms with E-state index in [9.17, 15) is 48.6 Å². The lowest BCUT2D eigenvalue weighted by molar-refractivity contribution is -0.140. The molecule has 4 rings (SSSR count). The molecule has 0 aliphatic carbocycles. The number of carbonyl (C=O) groups is 8.